The number of hydrogen-bond donors (Lipinski definition) is 4. The molecule has 26 heteroatoms. The normalized spacial score (nSPS) is 16.3. The molecule has 2 aromatic carbocycles. The third-order valence-electron chi connectivity index (χ3n) is 14.6. The summed E-state index contributed by atoms with van der Waals surface area (Å²) in [4.78, 5) is 60.8. The molecule has 3 heterocycles. The van der Waals surface area contributed by atoms with Crippen molar-refractivity contribution in [2.75, 3.05) is 186 Å². The zero-order chi connectivity index (χ0) is 61.4. The minimum atomic E-state index is -1.38. The summed E-state index contributed by atoms with van der Waals surface area (Å²) < 4.78 is 80.5. The summed E-state index contributed by atoms with van der Waals surface area (Å²) in [5, 5.41) is 32.1. The molecule has 2 aromatic heterocycles. The Morgan fingerprint density at radius 1 is 0.698 bits per heavy atom. The summed E-state index contributed by atoms with van der Waals surface area (Å²) in [6, 6.07) is 7.05. The molecular weight excluding hydrogens is 1130 g/mol. The molecule has 86 heavy (non-hydrogen) atoms. The maximum atomic E-state index is 14.5. The number of aliphatic hydroxyl groups excluding tert-OH is 1. The first-order valence-corrected chi connectivity index (χ1v) is 29.4. The van der Waals surface area contributed by atoms with Crippen LogP contribution in [0.25, 0.3) is 32.6 Å². The van der Waals surface area contributed by atoms with Gasteiger partial charge >= 0.3 is 12.1 Å². The number of fused-ring (bicyclic) bond motifs is 6. The Kier molecular flexibility index (Phi) is 30.9. The number of methoxy groups -OCH3 is 2. The lowest BCUT2D eigenvalue weighted by atomic mass is 9.75. The fourth-order valence-electron chi connectivity index (χ4n) is 9.51. The van der Waals surface area contributed by atoms with Gasteiger partial charge in [0.2, 0.25) is 6.79 Å². The minimum Gasteiger partial charge on any atom is -0.493 e. The lowest BCUT2D eigenvalue weighted by Gasteiger charge is -2.31. The topological polar surface area (TPSA) is 295 Å². The van der Waals surface area contributed by atoms with Crippen molar-refractivity contribution >= 4 is 50.4 Å². The molecular formula is C60H89N5O21. The molecule has 1 amide bonds. The molecule has 0 spiro atoms. The van der Waals surface area contributed by atoms with Crippen LogP contribution in [0, 0.1) is 5.41 Å². The number of ketones is 1. The predicted octanol–water partition coefficient (Wildman–Crippen LogP) is 3.81. The van der Waals surface area contributed by atoms with Gasteiger partial charge in [-0.3, -0.25) is 24.3 Å². The molecule has 26 nitrogen and oxygen atoms in total. The van der Waals surface area contributed by atoms with Crippen LogP contribution in [0.15, 0.2) is 47.4 Å². The molecule has 1 aliphatic heterocycles. The summed E-state index contributed by atoms with van der Waals surface area (Å²) in [5.41, 5.74) is 0.314. The smallest absolute Gasteiger partial charge is 0.410 e. The second kappa shape index (κ2) is 38.4. The highest BCUT2D eigenvalue weighted by molar-refractivity contribution is 6.15. The molecule has 2 aliphatic rings. The van der Waals surface area contributed by atoms with Crippen molar-refractivity contribution in [3.8, 4) is 23.0 Å². The number of nitrogens with one attached hydrogen (secondary N) is 1. The molecule has 480 valence electrons. The Labute approximate surface area is 501 Å². The lowest BCUT2D eigenvalue weighted by Crippen LogP contribution is -2.39. The van der Waals surface area contributed by atoms with Crippen LogP contribution < -0.4 is 29.8 Å². The number of aromatic nitrogens is 2. The van der Waals surface area contributed by atoms with E-state index in [1.807, 2.05) is 25.1 Å². The van der Waals surface area contributed by atoms with E-state index in [1.54, 1.807) is 36.0 Å². The van der Waals surface area contributed by atoms with Crippen LogP contribution in [-0.2, 0) is 63.5 Å². The van der Waals surface area contributed by atoms with Crippen LogP contribution in [0.2, 0.25) is 0 Å². The van der Waals surface area contributed by atoms with Crippen LogP contribution in [0.4, 0.5) is 4.79 Å². The highest BCUT2D eigenvalue weighted by Gasteiger charge is 2.34. The number of ether oxygens (including phenoxy) is 14. The maximum absolute atomic E-state index is 14.5. The Hall–Kier alpha value is -5.85. The number of hydrogen-bond acceptors (Lipinski definition) is 23. The van der Waals surface area contributed by atoms with Crippen LogP contribution in [0.3, 0.4) is 0 Å². The van der Waals surface area contributed by atoms with Gasteiger partial charge in [0.25, 0.3) is 5.56 Å². The Balaban J connectivity index is 0.842. The number of amides is 1. The lowest BCUT2D eigenvalue weighted by molar-refractivity contribution is -0.138. The Bertz CT molecular complexity index is 2780. The van der Waals surface area contributed by atoms with Crippen molar-refractivity contribution in [3.63, 3.8) is 0 Å². The highest BCUT2D eigenvalue weighted by atomic mass is 16.7. The first-order chi connectivity index (χ1) is 41.8. The number of carboxylic acids is 1. The van der Waals surface area contributed by atoms with Crippen molar-refractivity contribution in [3.05, 3.63) is 53.0 Å². The maximum Gasteiger partial charge on any atom is 0.410 e. The van der Waals surface area contributed by atoms with Gasteiger partial charge in [0.05, 0.1) is 163 Å². The molecule has 0 unspecified atom stereocenters. The molecule has 0 bridgehead atoms. The first kappa shape index (κ1) is 69.3. The van der Waals surface area contributed by atoms with Crippen LogP contribution in [0.5, 0.6) is 23.0 Å². The second-order valence-corrected chi connectivity index (χ2v) is 20.7. The number of nitrogens with zero attached hydrogens (tertiary/aromatic N) is 4. The molecule has 0 saturated carbocycles. The van der Waals surface area contributed by atoms with Crippen LogP contribution >= 0.6 is 0 Å². The molecule has 2 atom stereocenters. The van der Waals surface area contributed by atoms with Gasteiger partial charge in [-0.1, -0.05) is 13.0 Å². The van der Waals surface area contributed by atoms with Gasteiger partial charge in [0.15, 0.2) is 35.1 Å². The van der Waals surface area contributed by atoms with E-state index < -0.39 is 29.9 Å². The van der Waals surface area contributed by atoms with Crippen molar-refractivity contribution in [1.29, 1.82) is 0 Å². The van der Waals surface area contributed by atoms with Crippen molar-refractivity contribution in [1.82, 2.24) is 24.7 Å². The predicted molar refractivity (Wildman–Crippen MR) is 316 cm³/mol. The van der Waals surface area contributed by atoms with Gasteiger partial charge in [-0.25, -0.2) is 4.79 Å². The van der Waals surface area contributed by atoms with Gasteiger partial charge in [0.1, 0.15) is 6.10 Å². The fourth-order valence-corrected chi connectivity index (χ4v) is 9.51. The second-order valence-electron chi connectivity index (χ2n) is 20.7. The third kappa shape index (κ3) is 23.0. The molecule has 0 radical (unpaired) electrons. The van der Waals surface area contributed by atoms with Gasteiger partial charge in [0, 0.05) is 86.6 Å². The monoisotopic (exact) mass is 1220 g/mol. The fraction of sp³-hybridized carbons (Fsp3) is 0.650. The summed E-state index contributed by atoms with van der Waals surface area (Å²) in [6.45, 7) is 11.8. The number of aliphatic hydroxyl groups is 2. The van der Waals surface area contributed by atoms with Gasteiger partial charge in [-0.2, -0.15) is 0 Å². The number of aliphatic carboxylic acids is 1. The van der Waals surface area contributed by atoms with Crippen LogP contribution in [-0.4, -0.2) is 251 Å². The number of likely N-dealkylation sites (N-methyl/N-ethyl adjacent to an activating group) is 1. The standard InChI is InChI=1S/C60H89N5O21/c1-60(54(66)42-61-13-21-77-27-33-83-36-30-80-24-18-64(16-22-78-28-34-81-31-25-75-19-9-55(67)68)17-23-79-29-35-82-32-26-76-20-10-56(69)70)11-6-5-7-44(8-12-60)86-59(72)63(2)14-15-65-57-47-39-52-53(85-43-84-52)40-49(47)62-41-48(57)45-37-50(73-3)51(74-4)38-46(45)58(65)71/h5,7,37-41,44,55,61,67-68H,6,8-36,42-43H2,1-4H3,(H,69,70)/b7-5+/t44-,60+/m0/s1. The number of Topliss-reactive ketones (excluding diaryl/α,β-unsaturated/α-hetero) is 1. The first-order valence-electron chi connectivity index (χ1n) is 29.4. The molecule has 1 aliphatic carbocycles. The van der Waals surface area contributed by atoms with E-state index in [9.17, 15) is 19.2 Å². The third-order valence-corrected chi connectivity index (χ3v) is 14.6. The van der Waals surface area contributed by atoms with E-state index in [1.165, 1.54) is 19.1 Å². The summed E-state index contributed by atoms with van der Waals surface area (Å²) in [5.74, 6) is 1.15. The Morgan fingerprint density at radius 3 is 1.83 bits per heavy atom. The number of carbonyl (C=O) groups is 3. The number of allylic oxidation sites excluding steroid dienone is 1. The highest BCUT2D eigenvalue weighted by Crippen LogP contribution is 2.40. The summed E-state index contributed by atoms with van der Waals surface area (Å²) in [7, 11) is 4.68. The van der Waals surface area contributed by atoms with E-state index in [0.29, 0.717) is 213 Å². The largest absolute Gasteiger partial charge is 0.493 e. The van der Waals surface area contributed by atoms with E-state index in [4.69, 9.17) is 86.6 Å². The quantitative estimate of drug-likeness (QED) is 0.0212. The minimum absolute atomic E-state index is 0.0441. The number of pyridine rings is 2. The average Bonchev–Trinajstić information content (AvgIpc) is 1.31. The number of rotatable bonds is 45. The zero-order valence-electron chi connectivity index (χ0n) is 50.3. The SMILES string of the molecule is COc1cc2c(=O)n(CCN(C)C(=O)O[C@H]3/C=C/CC[C@@](C)(C(=O)CNCCOCCOCCOCCN(CCOCCOCCOCCC(=O)O)CCOCCOCCOCCC(O)O)CC3)c3c4cc5c(cc4ncc3c2cc1OC)OCO5. The van der Waals surface area contributed by atoms with Gasteiger partial charge in [-0.05, 0) is 50.0 Å². The Morgan fingerprint density at radius 2 is 1.24 bits per heavy atom. The van der Waals surface area contributed by atoms with Gasteiger partial charge < -0.3 is 96.4 Å². The molecule has 4 aromatic rings. The number of carbonyl (C=O) groups excluding carboxylic acids is 2. The summed E-state index contributed by atoms with van der Waals surface area (Å²) >= 11 is 0. The van der Waals surface area contributed by atoms with E-state index in [0.717, 1.165) is 0 Å². The zero-order valence-corrected chi connectivity index (χ0v) is 50.3. The van der Waals surface area contributed by atoms with Gasteiger partial charge in [-0.15, -0.1) is 0 Å². The molecule has 6 rings (SSSR count). The molecule has 0 saturated heterocycles. The molecule has 0 fully saturated rings. The van der Waals surface area contributed by atoms with Crippen molar-refractivity contribution in [2.45, 2.75) is 64.4 Å². The van der Waals surface area contributed by atoms with Crippen LogP contribution in [0.1, 0.15) is 45.4 Å². The number of benzene rings is 2. The van der Waals surface area contributed by atoms with E-state index in [2.05, 4.69) is 10.2 Å². The van der Waals surface area contributed by atoms with E-state index >= 15 is 0 Å². The summed E-state index contributed by atoms with van der Waals surface area (Å²) in [6.07, 6.45) is 5.49. The van der Waals surface area contributed by atoms with Crippen molar-refractivity contribution in [2.24, 2.45) is 5.41 Å². The number of carboxylic acid groups (broad SMARTS) is 1. The van der Waals surface area contributed by atoms with Crippen molar-refractivity contribution < 1.29 is 96.0 Å². The average molecular weight is 1220 g/mol. The molecule has 4 N–H and O–H groups in total. The van der Waals surface area contributed by atoms with E-state index in [-0.39, 0.29) is 63.8 Å².